The fraction of sp³-hybridized carbons (Fsp3) is 0.290. The first-order valence-corrected chi connectivity index (χ1v) is 13.1. The summed E-state index contributed by atoms with van der Waals surface area (Å²) in [6.07, 6.45) is 0. The van der Waals surface area contributed by atoms with Crippen molar-refractivity contribution >= 4 is 29.5 Å². The summed E-state index contributed by atoms with van der Waals surface area (Å²) in [5.41, 5.74) is 2.55. The highest BCUT2D eigenvalue weighted by molar-refractivity contribution is 7.69. The molecule has 0 aromatic heterocycles. The molecule has 0 aliphatic rings. The molecule has 34 heavy (non-hydrogen) atoms. The van der Waals surface area contributed by atoms with Gasteiger partial charge in [0.2, 0.25) is 0 Å². The Morgan fingerprint density at radius 1 is 0.618 bits per heavy atom. The Bertz CT molecular complexity index is 1290. The molecule has 0 saturated heterocycles. The topological polar surface area (TPSA) is 18.5 Å². The second-order valence-corrected chi connectivity index (χ2v) is 12.5. The van der Waals surface area contributed by atoms with Crippen LogP contribution in [0.4, 0.5) is 0 Å². The maximum absolute atomic E-state index is 7.05. The lowest BCUT2D eigenvalue weighted by atomic mass is 9.80. The van der Waals surface area contributed by atoms with E-state index in [1.165, 1.54) is 27.2 Å². The van der Waals surface area contributed by atoms with Crippen LogP contribution in [0.25, 0.3) is 10.8 Å². The fourth-order valence-corrected chi connectivity index (χ4v) is 6.22. The number of ether oxygens (including phenoxy) is 1. The Kier molecular flexibility index (Phi) is 6.74. The molecule has 0 aliphatic heterocycles. The van der Waals surface area contributed by atoms with Gasteiger partial charge in [-0.2, -0.15) is 0 Å². The van der Waals surface area contributed by atoms with Gasteiger partial charge in [0.05, 0.1) is 12.4 Å². The SMILES string of the molecule is COc1ccccc1P(Oc1ccc(C(C)(C)C)cc1C(C)(C)C)c1cccc2ccccc12. The lowest BCUT2D eigenvalue weighted by Crippen LogP contribution is -2.21. The van der Waals surface area contributed by atoms with Gasteiger partial charge in [-0.1, -0.05) is 108 Å². The Morgan fingerprint density at radius 3 is 1.97 bits per heavy atom. The molecule has 4 aromatic carbocycles. The smallest absolute Gasteiger partial charge is 0.155 e. The number of methoxy groups -OCH3 is 1. The summed E-state index contributed by atoms with van der Waals surface area (Å²) in [7, 11) is 0.551. The first-order valence-electron chi connectivity index (χ1n) is 11.8. The van der Waals surface area contributed by atoms with Gasteiger partial charge in [0.1, 0.15) is 11.5 Å². The van der Waals surface area contributed by atoms with Crippen molar-refractivity contribution < 1.29 is 9.26 Å². The number of fused-ring (bicyclic) bond motifs is 1. The molecule has 0 heterocycles. The summed E-state index contributed by atoms with van der Waals surface area (Å²) in [6, 6.07) is 29.9. The molecule has 0 fully saturated rings. The van der Waals surface area contributed by atoms with E-state index in [2.05, 4.69) is 114 Å². The van der Waals surface area contributed by atoms with Crippen molar-refractivity contribution in [3.8, 4) is 11.5 Å². The summed E-state index contributed by atoms with van der Waals surface area (Å²) >= 11 is 0. The third-order valence-electron chi connectivity index (χ3n) is 6.13. The normalized spacial score (nSPS) is 13.0. The number of para-hydroxylation sites is 1. The van der Waals surface area contributed by atoms with E-state index in [4.69, 9.17) is 9.26 Å². The quantitative estimate of drug-likeness (QED) is 0.276. The van der Waals surface area contributed by atoms with Crippen molar-refractivity contribution in [2.75, 3.05) is 7.11 Å². The first kappa shape index (κ1) is 24.3. The molecule has 0 bridgehead atoms. The van der Waals surface area contributed by atoms with Crippen LogP contribution in [0.2, 0.25) is 0 Å². The number of benzene rings is 4. The predicted molar refractivity (Wildman–Crippen MR) is 148 cm³/mol. The highest BCUT2D eigenvalue weighted by Crippen LogP contribution is 2.45. The standard InChI is InChI=1S/C31H35O2P/c1-30(2,3)23-19-20-26(25(21-23)31(4,5)6)33-34(29-17-11-10-16-27(29)32-7)28-18-12-14-22-13-8-9-15-24(22)28/h8-21H,1-7H3. The van der Waals surface area contributed by atoms with Gasteiger partial charge in [-0.05, 0) is 45.4 Å². The second kappa shape index (κ2) is 9.43. The summed E-state index contributed by atoms with van der Waals surface area (Å²) < 4.78 is 12.8. The molecule has 4 aromatic rings. The summed E-state index contributed by atoms with van der Waals surface area (Å²) in [4.78, 5) is 0. The van der Waals surface area contributed by atoms with Crippen LogP contribution in [-0.4, -0.2) is 7.11 Å². The average molecular weight is 471 g/mol. The van der Waals surface area contributed by atoms with Crippen molar-refractivity contribution in [1.29, 1.82) is 0 Å². The number of hydrogen-bond acceptors (Lipinski definition) is 2. The number of hydrogen-bond donors (Lipinski definition) is 0. The third kappa shape index (κ3) is 4.98. The molecule has 1 atom stereocenters. The fourth-order valence-electron chi connectivity index (χ4n) is 4.17. The van der Waals surface area contributed by atoms with E-state index in [-0.39, 0.29) is 10.8 Å². The van der Waals surface area contributed by atoms with E-state index in [0.29, 0.717) is 0 Å². The van der Waals surface area contributed by atoms with Crippen LogP contribution < -0.4 is 19.9 Å². The van der Waals surface area contributed by atoms with Crippen molar-refractivity contribution in [2.45, 2.75) is 52.4 Å². The van der Waals surface area contributed by atoms with E-state index in [0.717, 1.165) is 16.8 Å². The van der Waals surface area contributed by atoms with Gasteiger partial charge in [0.25, 0.3) is 0 Å². The van der Waals surface area contributed by atoms with E-state index in [1.807, 2.05) is 12.1 Å². The van der Waals surface area contributed by atoms with Crippen LogP contribution in [0.3, 0.4) is 0 Å². The minimum absolute atomic E-state index is 0.0584. The van der Waals surface area contributed by atoms with Gasteiger partial charge in [0.15, 0.2) is 8.15 Å². The molecule has 1 unspecified atom stereocenters. The van der Waals surface area contributed by atoms with Crippen LogP contribution >= 0.6 is 8.15 Å². The minimum atomic E-state index is -1.18. The van der Waals surface area contributed by atoms with Gasteiger partial charge in [-0.15, -0.1) is 0 Å². The molecular weight excluding hydrogens is 435 g/mol. The Hall–Kier alpha value is -2.83. The maximum atomic E-state index is 7.05. The Labute approximate surface area is 205 Å². The van der Waals surface area contributed by atoms with Crippen LogP contribution in [0.5, 0.6) is 11.5 Å². The zero-order valence-corrected chi connectivity index (χ0v) is 22.2. The van der Waals surface area contributed by atoms with Gasteiger partial charge in [0, 0.05) is 10.9 Å². The van der Waals surface area contributed by atoms with Crippen molar-refractivity contribution in [3.63, 3.8) is 0 Å². The first-order chi connectivity index (χ1) is 16.1. The van der Waals surface area contributed by atoms with Crippen LogP contribution in [0.15, 0.2) is 84.9 Å². The van der Waals surface area contributed by atoms with Crippen LogP contribution in [0.1, 0.15) is 52.7 Å². The molecule has 0 radical (unpaired) electrons. The highest BCUT2D eigenvalue weighted by Gasteiger charge is 2.28. The molecule has 3 heteroatoms. The van der Waals surface area contributed by atoms with Gasteiger partial charge >= 0.3 is 0 Å². The summed E-state index contributed by atoms with van der Waals surface area (Å²) in [5, 5.41) is 4.70. The van der Waals surface area contributed by atoms with Crippen molar-refractivity contribution in [1.82, 2.24) is 0 Å². The second-order valence-electron chi connectivity index (χ2n) is 10.8. The van der Waals surface area contributed by atoms with Crippen molar-refractivity contribution in [2.24, 2.45) is 0 Å². The summed E-state index contributed by atoms with van der Waals surface area (Å²) in [5.74, 6) is 1.79. The number of rotatable bonds is 5. The van der Waals surface area contributed by atoms with Gasteiger partial charge < -0.3 is 9.26 Å². The monoisotopic (exact) mass is 470 g/mol. The molecule has 0 N–H and O–H groups in total. The molecule has 4 rings (SSSR count). The van der Waals surface area contributed by atoms with Crippen LogP contribution in [0, 0.1) is 0 Å². The van der Waals surface area contributed by atoms with Crippen molar-refractivity contribution in [3.05, 3.63) is 96.1 Å². The van der Waals surface area contributed by atoms with E-state index < -0.39 is 8.15 Å². The lowest BCUT2D eigenvalue weighted by molar-refractivity contribution is 0.418. The minimum Gasteiger partial charge on any atom is -0.496 e. The Morgan fingerprint density at radius 2 is 1.26 bits per heavy atom. The molecule has 0 amide bonds. The molecule has 2 nitrogen and oxygen atoms in total. The average Bonchev–Trinajstić information content (AvgIpc) is 2.81. The lowest BCUT2D eigenvalue weighted by Gasteiger charge is -2.30. The molecule has 176 valence electrons. The summed E-state index contributed by atoms with van der Waals surface area (Å²) in [6.45, 7) is 13.5. The van der Waals surface area contributed by atoms with Gasteiger partial charge in [-0.25, -0.2) is 0 Å². The van der Waals surface area contributed by atoms with E-state index >= 15 is 0 Å². The highest BCUT2D eigenvalue weighted by atomic mass is 31.1. The zero-order valence-electron chi connectivity index (χ0n) is 21.3. The maximum Gasteiger partial charge on any atom is 0.155 e. The van der Waals surface area contributed by atoms with E-state index in [1.54, 1.807) is 7.11 Å². The third-order valence-corrected chi connectivity index (χ3v) is 8.15. The van der Waals surface area contributed by atoms with Gasteiger partial charge in [-0.3, -0.25) is 0 Å². The van der Waals surface area contributed by atoms with E-state index in [9.17, 15) is 0 Å². The Balaban J connectivity index is 1.93. The zero-order chi connectivity index (χ0) is 24.5. The molecule has 0 aliphatic carbocycles. The van der Waals surface area contributed by atoms with Crippen LogP contribution in [-0.2, 0) is 10.8 Å². The molecular formula is C31H35O2P. The molecule has 0 spiro atoms. The predicted octanol–water partition coefficient (Wildman–Crippen LogP) is 7.87. The largest absolute Gasteiger partial charge is 0.496 e. The molecule has 0 saturated carbocycles.